The average Bonchev–Trinajstić information content (AvgIpc) is 3.02. The van der Waals surface area contributed by atoms with Crippen LogP contribution in [0.1, 0.15) is 29.5 Å². The molecule has 2 aromatic carbocycles. The van der Waals surface area contributed by atoms with E-state index in [0.717, 1.165) is 12.1 Å². The van der Waals surface area contributed by atoms with E-state index in [1.165, 1.54) is 17.0 Å². The molecule has 0 unspecified atom stereocenters. The molecule has 1 fully saturated rings. The molecule has 2 aliphatic rings. The van der Waals surface area contributed by atoms with Crippen LogP contribution < -0.4 is 10.2 Å². The van der Waals surface area contributed by atoms with Gasteiger partial charge in [-0.1, -0.05) is 11.6 Å². The molecule has 0 bridgehead atoms. The number of hydrogen-bond donors (Lipinski definition) is 2. The Bertz CT molecular complexity index is 1090. The number of carbonyl (C=O) groups excluding carboxylic acids is 3. The Labute approximate surface area is 181 Å². The van der Waals surface area contributed by atoms with Gasteiger partial charge in [-0.2, -0.15) is 0 Å². The highest BCUT2D eigenvalue weighted by Gasteiger charge is 2.51. The number of anilines is 1. The van der Waals surface area contributed by atoms with Crippen LogP contribution in [0, 0.1) is 11.6 Å². The van der Waals surface area contributed by atoms with Crippen molar-refractivity contribution in [3.63, 3.8) is 0 Å². The standard InChI is InChI=1S/C22H19ClF2N2O4/c23-14-5-12(6-15(24)8-14)11-26-20(29)22(31)3-4-27(21(22)30)16-7-13-1-2-17(28)10-18(13)19(25)9-16/h5-9,31H,1-4,10-11H2,(H,26,29)/t22-/m0/s1. The van der Waals surface area contributed by atoms with Crippen molar-refractivity contribution in [3.05, 3.63) is 63.7 Å². The summed E-state index contributed by atoms with van der Waals surface area (Å²) in [6, 6.07) is 6.53. The van der Waals surface area contributed by atoms with Crippen LogP contribution in [0.15, 0.2) is 30.3 Å². The summed E-state index contributed by atoms with van der Waals surface area (Å²) in [6.07, 6.45) is 0.521. The lowest BCUT2D eigenvalue weighted by Gasteiger charge is -2.24. The van der Waals surface area contributed by atoms with Crippen molar-refractivity contribution in [3.8, 4) is 0 Å². The van der Waals surface area contributed by atoms with Gasteiger partial charge in [0.2, 0.25) is 5.60 Å². The SMILES string of the molecule is O=C1CCc2cc(N3CC[C@](O)(C(=O)NCc4cc(F)cc(Cl)c4)C3=O)cc(F)c2C1. The molecule has 6 nitrogen and oxygen atoms in total. The van der Waals surface area contributed by atoms with Gasteiger partial charge in [0.15, 0.2) is 0 Å². The molecule has 2 aromatic rings. The molecule has 0 spiro atoms. The summed E-state index contributed by atoms with van der Waals surface area (Å²) in [5, 5.41) is 13.3. The zero-order valence-electron chi connectivity index (χ0n) is 16.4. The molecular formula is C22H19ClF2N2O4. The number of hydrogen-bond acceptors (Lipinski definition) is 4. The van der Waals surface area contributed by atoms with E-state index in [0.29, 0.717) is 29.5 Å². The molecule has 0 aromatic heterocycles. The molecule has 1 aliphatic heterocycles. The van der Waals surface area contributed by atoms with Crippen molar-refractivity contribution in [1.82, 2.24) is 5.32 Å². The number of ketones is 1. The van der Waals surface area contributed by atoms with Gasteiger partial charge in [-0.25, -0.2) is 8.78 Å². The number of nitrogens with zero attached hydrogens (tertiary/aromatic N) is 1. The maximum atomic E-state index is 14.5. The summed E-state index contributed by atoms with van der Waals surface area (Å²) < 4.78 is 28.0. The molecule has 2 amide bonds. The molecule has 1 saturated heterocycles. The van der Waals surface area contributed by atoms with Crippen LogP contribution in [0.3, 0.4) is 0 Å². The normalized spacial score (nSPS) is 20.7. The Kier molecular flexibility index (Phi) is 5.53. The number of benzene rings is 2. The zero-order valence-corrected chi connectivity index (χ0v) is 17.1. The van der Waals surface area contributed by atoms with Crippen LogP contribution in [0.25, 0.3) is 0 Å². The Morgan fingerprint density at radius 1 is 1.16 bits per heavy atom. The van der Waals surface area contributed by atoms with E-state index in [9.17, 15) is 28.3 Å². The third-order valence-corrected chi connectivity index (χ3v) is 5.90. The van der Waals surface area contributed by atoms with Crippen molar-refractivity contribution in [2.75, 3.05) is 11.4 Å². The second-order valence-corrected chi connectivity index (χ2v) is 8.24. The Balaban J connectivity index is 1.50. The highest BCUT2D eigenvalue weighted by Crippen LogP contribution is 2.33. The Hall–Kier alpha value is -2.84. The lowest BCUT2D eigenvalue weighted by Crippen LogP contribution is -2.52. The highest BCUT2D eigenvalue weighted by molar-refractivity contribution is 6.30. The van der Waals surface area contributed by atoms with Crippen LogP contribution in [0.5, 0.6) is 0 Å². The number of rotatable bonds is 4. The van der Waals surface area contributed by atoms with Gasteiger partial charge in [0.25, 0.3) is 11.8 Å². The molecule has 1 heterocycles. The molecule has 1 aliphatic carbocycles. The third kappa shape index (κ3) is 4.05. The second kappa shape index (κ2) is 8.01. The molecule has 0 radical (unpaired) electrons. The van der Waals surface area contributed by atoms with Crippen LogP contribution in [-0.2, 0) is 33.8 Å². The monoisotopic (exact) mass is 448 g/mol. The number of aryl methyl sites for hydroxylation is 1. The quantitative estimate of drug-likeness (QED) is 0.703. The fraction of sp³-hybridized carbons (Fsp3) is 0.318. The summed E-state index contributed by atoms with van der Waals surface area (Å²) in [6.45, 7) is -0.112. The number of nitrogens with one attached hydrogen (secondary N) is 1. The van der Waals surface area contributed by atoms with Crippen molar-refractivity contribution in [2.45, 2.75) is 37.8 Å². The topological polar surface area (TPSA) is 86.7 Å². The number of fused-ring (bicyclic) bond motifs is 1. The van der Waals surface area contributed by atoms with E-state index < -0.39 is 29.0 Å². The summed E-state index contributed by atoms with van der Waals surface area (Å²) >= 11 is 5.79. The predicted octanol–water partition coefficient (Wildman–Crippen LogP) is 2.46. The summed E-state index contributed by atoms with van der Waals surface area (Å²) in [7, 11) is 0. The largest absolute Gasteiger partial charge is 0.372 e. The minimum absolute atomic E-state index is 0.0195. The molecule has 4 rings (SSSR count). The number of aliphatic hydroxyl groups is 1. The van der Waals surface area contributed by atoms with Gasteiger partial charge < -0.3 is 15.3 Å². The average molecular weight is 449 g/mol. The molecule has 162 valence electrons. The van der Waals surface area contributed by atoms with Gasteiger partial charge in [-0.15, -0.1) is 0 Å². The minimum Gasteiger partial charge on any atom is -0.372 e. The molecule has 9 heteroatoms. The first-order chi connectivity index (χ1) is 14.7. The maximum absolute atomic E-state index is 14.5. The molecule has 31 heavy (non-hydrogen) atoms. The smallest absolute Gasteiger partial charge is 0.268 e. The van der Waals surface area contributed by atoms with Gasteiger partial charge in [0.05, 0.1) is 0 Å². The first-order valence-electron chi connectivity index (χ1n) is 9.78. The van der Waals surface area contributed by atoms with Gasteiger partial charge in [-0.3, -0.25) is 14.4 Å². The highest BCUT2D eigenvalue weighted by atomic mass is 35.5. The minimum atomic E-state index is -2.32. The lowest BCUT2D eigenvalue weighted by molar-refractivity contribution is -0.149. The van der Waals surface area contributed by atoms with E-state index >= 15 is 0 Å². The van der Waals surface area contributed by atoms with E-state index in [2.05, 4.69) is 5.32 Å². The maximum Gasteiger partial charge on any atom is 0.268 e. The number of Topliss-reactive ketones (excluding diaryl/α,β-unsaturated/α-hetero) is 1. The number of amides is 2. The number of carbonyl (C=O) groups is 3. The van der Waals surface area contributed by atoms with Crippen LogP contribution in [0.4, 0.5) is 14.5 Å². The Morgan fingerprint density at radius 2 is 1.94 bits per heavy atom. The Morgan fingerprint density at radius 3 is 2.68 bits per heavy atom. The molecule has 1 atom stereocenters. The van der Waals surface area contributed by atoms with E-state index in [1.54, 1.807) is 6.07 Å². The fourth-order valence-electron chi connectivity index (χ4n) is 4.02. The summed E-state index contributed by atoms with van der Waals surface area (Å²) in [5.41, 5.74) is -0.745. The zero-order chi connectivity index (χ0) is 22.3. The van der Waals surface area contributed by atoms with Gasteiger partial charge in [0, 0.05) is 43.1 Å². The van der Waals surface area contributed by atoms with Crippen LogP contribution >= 0.6 is 11.6 Å². The van der Waals surface area contributed by atoms with Crippen molar-refractivity contribution < 1.29 is 28.3 Å². The molecule has 2 N–H and O–H groups in total. The van der Waals surface area contributed by atoms with Crippen molar-refractivity contribution in [2.24, 2.45) is 0 Å². The van der Waals surface area contributed by atoms with E-state index in [-0.39, 0.29) is 42.4 Å². The van der Waals surface area contributed by atoms with Crippen molar-refractivity contribution >= 4 is 34.9 Å². The summed E-state index contributed by atoms with van der Waals surface area (Å²) in [4.78, 5) is 38.2. The van der Waals surface area contributed by atoms with Crippen LogP contribution in [-0.4, -0.2) is 34.8 Å². The van der Waals surface area contributed by atoms with Gasteiger partial charge in [-0.05, 0) is 53.4 Å². The lowest BCUT2D eigenvalue weighted by atomic mass is 9.90. The number of halogens is 3. The van der Waals surface area contributed by atoms with E-state index in [1.807, 2.05) is 0 Å². The van der Waals surface area contributed by atoms with Crippen molar-refractivity contribution in [1.29, 1.82) is 0 Å². The second-order valence-electron chi connectivity index (χ2n) is 7.81. The third-order valence-electron chi connectivity index (χ3n) is 5.68. The predicted molar refractivity (Wildman–Crippen MR) is 109 cm³/mol. The molecular weight excluding hydrogens is 430 g/mol. The van der Waals surface area contributed by atoms with Crippen LogP contribution in [0.2, 0.25) is 5.02 Å². The van der Waals surface area contributed by atoms with Gasteiger partial charge >= 0.3 is 0 Å². The van der Waals surface area contributed by atoms with E-state index in [4.69, 9.17) is 11.6 Å². The fourth-order valence-corrected chi connectivity index (χ4v) is 4.26. The summed E-state index contributed by atoms with van der Waals surface area (Å²) in [5.74, 6) is -2.99. The van der Waals surface area contributed by atoms with Gasteiger partial charge in [0.1, 0.15) is 17.4 Å². The molecule has 0 saturated carbocycles. The first kappa shape index (κ1) is 21.4. The first-order valence-corrected chi connectivity index (χ1v) is 10.2.